The van der Waals surface area contributed by atoms with Gasteiger partial charge in [-0.15, -0.1) is 0 Å². The van der Waals surface area contributed by atoms with Crippen LogP contribution >= 0.6 is 0 Å². The van der Waals surface area contributed by atoms with Crippen molar-refractivity contribution in [3.63, 3.8) is 0 Å². The molecular weight excluding hydrogens is 240 g/mol. The first-order valence-corrected chi connectivity index (χ1v) is 6.14. The van der Waals surface area contributed by atoms with Gasteiger partial charge in [0.15, 0.2) is 0 Å². The number of carbonyl (C=O) groups is 1. The van der Waals surface area contributed by atoms with E-state index < -0.39 is 0 Å². The van der Waals surface area contributed by atoms with E-state index in [9.17, 15) is 4.79 Å². The minimum atomic E-state index is -0.324. The van der Waals surface area contributed by atoms with Crippen molar-refractivity contribution in [2.24, 2.45) is 5.84 Å². The van der Waals surface area contributed by atoms with Gasteiger partial charge in [0.1, 0.15) is 5.69 Å². The van der Waals surface area contributed by atoms with E-state index in [0.29, 0.717) is 5.69 Å². The maximum Gasteiger partial charge on any atom is 0.283 e. The fourth-order valence-electron chi connectivity index (χ4n) is 2.40. The summed E-state index contributed by atoms with van der Waals surface area (Å²) in [7, 11) is 0. The van der Waals surface area contributed by atoms with E-state index in [1.165, 1.54) is 0 Å². The Labute approximate surface area is 110 Å². The highest BCUT2D eigenvalue weighted by molar-refractivity contribution is 5.96. The number of nitrogen functional groups attached to an aromatic ring is 1. The predicted octanol–water partition coefficient (Wildman–Crippen LogP) is 1.50. The molecule has 0 saturated heterocycles. The molecule has 0 fully saturated rings. The van der Waals surface area contributed by atoms with Crippen LogP contribution in [0.5, 0.6) is 0 Å². The molecule has 1 aromatic heterocycles. The van der Waals surface area contributed by atoms with Crippen LogP contribution in [0.2, 0.25) is 0 Å². The second-order valence-corrected chi connectivity index (χ2v) is 4.48. The zero-order valence-corrected chi connectivity index (χ0v) is 10.3. The maximum atomic E-state index is 11.6. The smallest absolute Gasteiger partial charge is 0.283 e. The summed E-state index contributed by atoms with van der Waals surface area (Å²) in [4.78, 5) is 11.6. The number of rotatable bonds is 2. The number of nitrogens with two attached hydrogens (primary N) is 1. The Bertz CT molecular complexity index is 643. The predicted molar refractivity (Wildman–Crippen MR) is 72.9 cm³/mol. The molecule has 0 unspecified atom stereocenters. The van der Waals surface area contributed by atoms with Gasteiger partial charge in [-0.1, -0.05) is 30.3 Å². The lowest BCUT2D eigenvalue weighted by Gasteiger charge is -1.96. The number of fused-ring (bicyclic) bond motifs is 1. The van der Waals surface area contributed by atoms with Gasteiger partial charge in [0.25, 0.3) is 5.91 Å². The van der Waals surface area contributed by atoms with Crippen LogP contribution in [0.4, 0.5) is 0 Å². The van der Waals surface area contributed by atoms with Gasteiger partial charge < -0.3 is 0 Å². The van der Waals surface area contributed by atoms with Gasteiger partial charge in [-0.25, -0.2) is 5.84 Å². The van der Waals surface area contributed by atoms with Crippen molar-refractivity contribution in [2.45, 2.75) is 12.8 Å². The van der Waals surface area contributed by atoms with Crippen molar-refractivity contribution in [2.75, 3.05) is 0 Å². The summed E-state index contributed by atoms with van der Waals surface area (Å²) >= 11 is 0. The number of aromatic nitrogens is 2. The van der Waals surface area contributed by atoms with Gasteiger partial charge in [-0.2, -0.15) is 5.10 Å². The standard InChI is InChI=1S/C14H14N4O/c15-16-14(19)13-11-7-6-10(12(11)17-18-13)8-9-4-2-1-3-5-9/h1-5,8H,6-7,15H2,(H,16,19)(H,17,18)/b10-8-. The van der Waals surface area contributed by atoms with Crippen LogP contribution < -0.4 is 11.3 Å². The lowest BCUT2D eigenvalue weighted by Crippen LogP contribution is -2.31. The molecular formula is C14H14N4O. The third-order valence-electron chi connectivity index (χ3n) is 3.31. The molecule has 1 aliphatic carbocycles. The van der Waals surface area contributed by atoms with E-state index in [2.05, 4.69) is 21.7 Å². The van der Waals surface area contributed by atoms with E-state index in [1.54, 1.807) is 0 Å². The number of hydrogen-bond acceptors (Lipinski definition) is 3. The Morgan fingerprint density at radius 3 is 2.84 bits per heavy atom. The number of benzene rings is 1. The summed E-state index contributed by atoms with van der Waals surface area (Å²) in [5.41, 5.74) is 6.71. The normalized spacial score (nSPS) is 15.5. The molecule has 0 bridgehead atoms. The first-order valence-electron chi connectivity index (χ1n) is 6.14. The summed E-state index contributed by atoms with van der Waals surface area (Å²) < 4.78 is 0. The Hall–Kier alpha value is -2.40. The van der Waals surface area contributed by atoms with Gasteiger partial charge in [0.2, 0.25) is 0 Å². The summed E-state index contributed by atoms with van der Waals surface area (Å²) in [6, 6.07) is 10.1. The quantitative estimate of drug-likeness (QED) is 0.431. The molecule has 0 radical (unpaired) electrons. The van der Waals surface area contributed by atoms with Gasteiger partial charge in [0, 0.05) is 5.56 Å². The molecule has 19 heavy (non-hydrogen) atoms. The van der Waals surface area contributed by atoms with Gasteiger partial charge in [0.05, 0.1) is 5.69 Å². The van der Waals surface area contributed by atoms with Crippen molar-refractivity contribution < 1.29 is 4.79 Å². The highest BCUT2D eigenvalue weighted by Crippen LogP contribution is 2.33. The van der Waals surface area contributed by atoms with Crippen molar-refractivity contribution in [1.29, 1.82) is 0 Å². The zero-order chi connectivity index (χ0) is 13.2. The lowest BCUT2D eigenvalue weighted by molar-refractivity contribution is 0.0947. The monoisotopic (exact) mass is 254 g/mol. The third kappa shape index (κ3) is 2.04. The summed E-state index contributed by atoms with van der Waals surface area (Å²) in [5.74, 6) is 4.83. The second kappa shape index (κ2) is 4.70. The Balaban J connectivity index is 1.97. The van der Waals surface area contributed by atoms with E-state index in [1.807, 2.05) is 30.3 Å². The largest absolute Gasteiger partial charge is 0.289 e. The average Bonchev–Trinajstić information content (AvgIpc) is 3.02. The number of H-pyrrole nitrogens is 1. The Kier molecular flexibility index (Phi) is 2.89. The topological polar surface area (TPSA) is 83.8 Å². The molecule has 0 atom stereocenters. The molecule has 5 heteroatoms. The SMILES string of the molecule is NNC(=O)c1[nH]nc2c1CC/C2=C/c1ccccc1. The van der Waals surface area contributed by atoms with Gasteiger partial charge >= 0.3 is 0 Å². The first kappa shape index (κ1) is 11.7. The van der Waals surface area contributed by atoms with Crippen LogP contribution in [0, 0.1) is 0 Å². The molecule has 0 saturated carbocycles. The van der Waals surface area contributed by atoms with E-state index >= 15 is 0 Å². The summed E-state index contributed by atoms with van der Waals surface area (Å²) in [5, 5.41) is 6.99. The number of amides is 1. The summed E-state index contributed by atoms with van der Waals surface area (Å²) in [6.07, 6.45) is 3.82. The minimum absolute atomic E-state index is 0.324. The number of nitrogens with zero attached hydrogens (tertiary/aromatic N) is 1. The molecule has 0 aliphatic heterocycles. The fraction of sp³-hybridized carbons (Fsp3) is 0.143. The number of aromatic amines is 1. The van der Waals surface area contributed by atoms with Crippen molar-refractivity contribution in [3.8, 4) is 0 Å². The maximum absolute atomic E-state index is 11.6. The minimum Gasteiger partial charge on any atom is -0.289 e. The summed E-state index contributed by atoms with van der Waals surface area (Å²) in [6.45, 7) is 0. The van der Waals surface area contributed by atoms with Gasteiger partial charge in [-0.3, -0.25) is 15.3 Å². The van der Waals surface area contributed by atoms with Crippen LogP contribution in [-0.4, -0.2) is 16.1 Å². The molecule has 5 nitrogen and oxygen atoms in total. The van der Waals surface area contributed by atoms with Crippen LogP contribution in [0.1, 0.15) is 33.7 Å². The Morgan fingerprint density at radius 1 is 1.32 bits per heavy atom. The zero-order valence-electron chi connectivity index (χ0n) is 10.3. The molecule has 1 aliphatic rings. The second-order valence-electron chi connectivity index (χ2n) is 4.48. The molecule has 2 aromatic rings. The fourth-order valence-corrected chi connectivity index (χ4v) is 2.40. The van der Waals surface area contributed by atoms with Crippen LogP contribution in [0.15, 0.2) is 30.3 Å². The van der Waals surface area contributed by atoms with Gasteiger partial charge in [-0.05, 0) is 30.1 Å². The molecule has 1 heterocycles. The highest BCUT2D eigenvalue weighted by atomic mass is 16.2. The van der Waals surface area contributed by atoms with E-state index in [0.717, 1.165) is 35.2 Å². The molecule has 3 rings (SSSR count). The third-order valence-corrected chi connectivity index (χ3v) is 3.31. The molecule has 1 aromatic carbocycles. The van der Waals surface area contributed by atoms with Crippen LogP contribution in [-0.2, 0) is 6.42 Å². The highest BCUT2D eigenvalue weighted by Gasteiger charge is 2.25. The number of carbonyl (C=O) groups excluding carboxylic acids is 1. The first-order chi connectivity index (χ1) is 9.29. The molecule has 0 spiro atoms. The van der Waals surface area contributed by atoms with Crippen LogP contribution in [0.25, 0.3) is 11.6 Å². The Morgan fingerprint density at radius 2 is 2.11 bits per heavy atom. The number of hydrogen-bond donors (Lipinski definition) is 3. The van der Waals surface area contributed by atoms with Crippen molar-refractivity contribution in [1.82, 2.24) is 15.6 Å². The van der Waals surface area contributed by atoms with Crippen LogP contribution in [0.3, 0.4) is 0 Å². The molecule has 4 N–H and O–H groups in total. The molecule has 1 amide bonds. The van der Waals surface area contributed by atoms with E-state index in [-0.39, 0.29) is 5.91 Å². The van der Waals surface area contributed by atoms with Crippen molar-refractivity contribution >= 4 is 17.6 Å². The van der Waals surface area contributed by atoms with E-state index in [4.69, 9.17) is 5.84 Å². The lowest BCUT2D eigenvalue weighted by atomic mass is 10.1. The number of hydrazine groups is 1. The molecule has 96 valence electrons. The number of nitrogens with one attached hydrogen (secondary N) is 2. The van der Waals surface area contributed by atoms with Crippen molar-refractivity contribution in [3.05, 3.63) is 52.8 Å². The number of allylic oxidation sites excluding steroid dienone is 1. The average molecular weight is 254 g/mol.